The molecule has 1 aromatic carbocycles. The molecule has 3 amide bonds. The van der Waals surface area contributed by atoms with Crippen molar-refractivity contribution in [1.82, 2.24) is 40.0 Å². The minimum absolute atomic E-state index is 0. The second kappa shape index (κ2) is 24.6. The van der Waals surface area contributed by atoms with Crippen LogP contribution in [0.4, 0.5) is 8.78 Å². The van der Waals surface area contributed by atoms with Crippen LogP contribution in [0.25, 0.3) is 21.1 Å². The number of rotatable bonds is 21. The Balaban J connectivity index is 0.00000703. The third kappa shape index (κ3) is 12.8. The van der Waals surface area contributed by atoms with E-state index < -0.39 is 29.6 Å². The molecule has 2 aliphatic heterocycles. The molecule has 8 rings (SSSR count). The zero-order valence-electron chi connectivity index (χ0n) is 39.4. The quantitative estimate of drug-likeness (QED) is 0.0825. The van der Waals surface area contributed by atoms with E-state index in [1.165, 1.54) is 4.57 Å². The highest BCUT2D eigenvalue weighted by Gasteiger charge is 2.37. The maximum atomic E-state index is 14.6. The predicted octanol–water partition coefficient (Wildman–Crippen LogP) is 5.97. The molecule has 4 aromatic heterocycles. The van der Waals surface area contributed by atoms with Crippen LogP contribution < -0.4 is 24.8 Å². The first-order chi connectivity index (χ1) is 33.1. The molecule has 17 nitrogen and oxygen atoms in total. The molecule has 1 saturated carbocycles. The summed E-state index contributed by atoms with van der Waals surface area (Å²) in [5.74, 6) is -0.719. The SMILES string of the molecule is CN[C@@H](C)C(=O)N[C@H](C(=O)N1CCN(C(=O)c2c(OCCOCCOCCOc3cc(CN4CCC(Oc5ccnc6ccsc56)CC4)on3)c3cc(F)c(F)cc3n2C)CC1)C1CCCCC1.Cl. The van der Waals surface area contributed by atoms with E-state index in [2.05, 4.69) is 25.7 Å². The Labute approximate surface area is 410 Å². The number of carbonyl (C=O) groups excluding carboxylic acids is 3. The van der Waals surface area contributed by atoms with Crippen LogP contribution >= 0.6 is 23.7 Å². The van der Waals surface area contributed by atoms with Gasteiger partial charge in [0.1, 0.15) is 31.1 Å². The van der Waals surface area contributed by atoms with E-state index >= 15 is 0 Å². The van der Waals surface area contributed by atoms with E-state index in [1.807, 2.05) is 17.5 Å². The van der Waals surface area contributed by atoms with Crippen LogP contribution in [0.2, 0.25) is 0 Å². The minimum Gasteiger partial charge on any atom is -0.489 e. The molecule has 0 spiro atoms. The molecular formula is C48H63ClF2N8O9S. The van der Waals surface area contributed by atoms with Crippen molar-refractivity contribution in [3.05, 3.63) is 65.0 Å². The Hall–Kier alpha value is -5.12. The van der Waals surface area contributed by atoms with Gasteiger partial charge >= 0.3 is 0 Å². The summed E-state index contributed by atoms with van der Waals surface area (Å²) in [5.41, 5.74) is 1.38. The number of piperidine rings is 1. The maximum Gasteiger partial charge on any atom is 0.274 e. The zero-order valence-corrected chi connectivity index (χ0v) is 41.1. The number of hydrogen-bond acceptors (Lipinski definition) is 14. The fraction of sp³-hybridized carbons (Fsp3) is 0.562. The first-order valence-corrected chi connectivity index (χ1v) is 24.6. The van der Waals surface area contributed by atoms with E-state index in [0.29, 0.717) is 24.5 Å². The Morgan fingerprint density at radius 3 is 2.28 bits per heavy atom. The number of hydrogen-bond donors (Lipinski definition) is 2. The summed E-state index contributed by atoms with van der Waals surface area (Å²) in [5, 5.41) is 12.3. The number of pyridine rings is 1. The van der Waals surface area contributed by atoms with Crippen LogP contribution in [-0.4, -0.2) is 151 Å². The lowest BCUT2D eigenvalue weighted by Gasteiger charge is -2.39. The summed E-state index contributed by atoms with van der Waals surface area (Å²) in [4.78, 5) is 51.1. The van der Waals surface area contributed by atoms with Crippen LogP contribution in [0.5, 0.6) is 17.4 Å². The number of nitrogens with one attached hydrogen (secondary N) is 2. The maximum absolute atomic E-state index is 14.6. The van der Waals surface area contributed by atoms with Gasteiger partial charge in [-0.2, -0.15) is 0 Å². The predicted molar refractivity (Wildman–Crippen MR) is 257 cm³/mol. The second-order valence-electron chi connectivity index (χ2n) is 17.6. The second-order valence-corrected chi connectivity index (χ2v) is 18.5. The first kappa shape index (κ1) is 51.7. The van der Waals surface area contributed by atoms with E-state index in [4.69, 9.17) is 28.2 Å². The number of carbonyl (C=O) groups is 3. The Morgan fingerprint density at radius 1 is 0.870 bits per heavy atom. The highest BCUT2D eigenvalue weighted by atomic mass is 35.5. The molecule has 6 heterocycles. The van der Waals surface area contributed by atoms with E-state index in [0.717, 1.165) is 91.9 Å². The molecule has 0 radical (unpaired) electrons. The van der Waals surface area contributed by atoms with Crippen molar-refractivity contribution in [3.8, 4) is 17.4 Å². The van der Waals surface area contributed by atoms with Gasteiger partial charge < -0.3 is 53.2 Å². The van der Waals surface area contributed by atoms with Gasteiger partial charge in [0, 0.05) is 70.0 Å². The lowest BCUT2D eigenvalue weighted by atomic mass is 9.83. The number of halogens is 3. The van der Waals surface area contributed by atoms with Gasteiger partial charge in [-0.3, -0.25) is 24.3 Å². The fourth-order valence-electron chi connectivity index (χ4n) is 9.21. The highest BCUT2D eigenvalue weighted by Crippen LogP contribution is 2.36. The molecule has 376 valence electrons. The highest BCUT2D eigenvalue weighted by molar-refractivity contribution is 7.17. The molecule has 2 atom stereocenters. The zero-order chi connectivity index (χ0) is 47.6. The van der Waals surface area contributed by atoms with Crippen molar-refractivity contribution in [1.29, 1.82) is 0 Å². The molecule has 3 fully saturated rings. The topological polar surface area (TPSA) is 175 Å². The van der Waals surface area contributed by atoms with Gasteiger partial charge in [-0.1, -0.05) is 19.3 Å². The Kier molecular flexibility index (Phi) is 18.5. The van der Waals surface area contributed by atoms with Crippen molar-refractivity contribution in [2.45, 2.75) is 76.6 Å². The van der Waals surface area contributed by atoms with E-state index in [9.17, 15) is 23.2 Å². The fourth-order valence-corrected chi connectivity index (χ4v) is 10.0. The first-order valence-electron chi connectivity index (χ1n) is 23.7. The minimum atomic E-state index is -1.07. The molecule has 69 heavy (non-hydrogen) atoms. The molecule has 21 heteroatoms. The van der Waals surface area contributed by atoms with Crippen molar-refractivity contribution in [2.75, 3.05) is 86.0 Å². The van der Waals surface area contributed by atoms with Gasteiger partial charge in [0.15, 0.2) is 28.8 Å². The average molecular weight is 1000 g/mol. The van der Waals surface area contributed by atoms with Crippen LogP contribution in [0.1, 0.15) is 68.1 Å². The number of ether oxygens (including phenoxy) is 5. The van der Waals surface area contributed by atoms with Gasteiger partial charge in [-0.15, -0.1) is 23.7 Å². The Bertz CT molecular complexity index is 2490. The van der Waals surface area contributed by atoms with Gasteiger partial charge in [-0.25, -0.2) is 8.78 Å². The number of aryl methyl sites for hydroxylation is 1. The monoisotopic (exact) mass is 1000 g/mol. The third-order valence-electron chi connectivity index (χ3n) is 13.2. The normalized spacial score (nSPS) is 17.2. The Morgan fingerprint density at radius 2 is 1.55 bits per heavy atom. The van der Waals surface area contributed by atoms with Gasteiger partial charge in [0.2, 0.25) is 11.8 Å². The number of nitrogens with zero attached hydrogens (tertiary/aromatic N) is 6. The molecule has 1 aliphatic carbocycles. The number of aromatic nitrogens is 3. The summed E-state index contributed by atoms with van der Waals surface area (Å²) in [6.45, 7) is 6.37. The lowest BCUT2D eigenvalue weighted by molar-refractivity contribution is -0.140. The average Bonchev–Trinajstić information content (AvgIpc) is 4.10. The standard InChI is InChI=1S/C48H62F2N8O9S.ClH/c1-31(51-2)46(59)53-42(32-7-5-4-6-8-32)47(60)57-16-18-58(19-17-57)48(61)43-44(35-28-36(49)37(50)29-39(35)55(43)3)65-25-23-63-21-20-62-22-24-64-41-27-34(67-54-41)30-56-14-10-33(11-15-56)66-40-9-13-52-38-12-26-68-45(38)40;/h9,12-13,26-29,31-33,42,51H,4-8,10-11,14-25,30H2,1-3H3,(H,53,59);1H/t31-,42-;/m0./s1. The number of piperazine rings is 1. The number of thiophene rings is 1. The molecular weight excluding hydrogens is 938 g/mol. The third-order valence-corrected chi connectivity index (χ3v) is 14.1. The molecule has 3 aliphatic rings. The summed E-state index contributed by atoms with van der Waals surface area (Å²) in [6.07, 6.45) is 8.60. The van der Waals surface area contributed by atoms with E-state index in [-0.39, 0.29) is 112 Å². The summed E-state index contributed by atoms with van der Waals surface area (Å²) >= 11 is 1.64. The van der Waals surface area contributed by atoms with Crippen molar-refractivity contribution in [2.24, 2.45) is 13.0 Å². The van der Waals surface area contributed by atoms with Gasteiger partial charge in [0.25, 0.3) is 11.8 Å². The largest absolute Gasteiger partial charge is 0.489 e. The lowest BCUT2D eigenvalue weighted by Crippen LogP contribution is -2.59. The van der Waals surface area contributed by atoms with Crippen molar-refractivity contribution >= 4 is 62.6 Å². The van der Waals surface area contributed by atoms with Crippen LogP contribution in [0.15, 0.2) is 46.4 Å². The van der Waals surface area contributed by atoms with Crippen molar-refractivity contribution in [3.63, 3.8) is 0 Å². The smallest absolute Gasteiger partial charge is 0.274 e. The van der Waals surface area contributed by atoms with Gasteiger partial charge in [-0.05, 0) is 74.3 Å². The molecule has 2 N–H and O–H groups in total. The summed E-state index contributed by atoms with van der Waals surface area (Å²) < 4.78 is 66.8. The van der Waals surface area contributed by atoms with Crippen LogP contribution in [0.3, 0.4) is 0 Å². The molecule has 0 unspecified atom stereocenters. The summed E-state index contributed by atoms with van der Waals surface area (Å²) in [7, 11) is 3.31. The number of fused-ring (bicyclic) bond motifs is 2. The van der Waals surface area contributed by atoms with Crippen LogP contribution in [-0.2, 0) is 32.7 Å². The van der Waals surface area contributed by atoms with Crippen molar-refractivity contribution < 1.29 is 51.4 Å². The van der Waals surface area contributed by atoms with Gasteiger partial charge in [0.05, 0.1) is 54.7 Å². The number of benzene rings is 1. The number of amides is 3. The molecule has 2 saturated heterocycles. The number of likely N-dealkylation sites (tertiary alicyclic amines) is 1. The van der Waals surface area contributed by atoms with E-state index in [1.54, 1.807) is 54.4 Å². The molecule has 0 bridgehead atoms. The number of likely N-dealkylation sites (N-methyl/N-ethyl adjacent to an activating group) is 1. The molecule has 5 aromatic rings. The summed E-state index contributed by atoms with van der Waals surface area (Å²) in [6, 6.07) is 6.72. The van der Waals surface area contributed by atoms with Crippen LogP contribution in [0, 0.1) is 17.6 Å².